The summed E-state index contributed by atoms with van der Waals surface area (Å²) in [6, 6.07) is 5.25. The Morgan fingerprint density at radius 3 is 2.38 bits per heavy atom. The molecule has 1 aromatic rings. The van der Waals surface area contributed by atoms with Crippen LogP contribution in [0.3, 0.4) is 0 Å². The predicted molar refractivity (Wildman–Crippen MR) is 59.7 cm³/mol. The smallest absolute Gasteiger partial charge is 0.161 e. The Morgan fingerprint density at radius 1 is 1.19 bits per heavy atom. The third kappa shape index (κ3) is 2.64. The molecule has 0 aliphatic rings. The molecule has 5 nitrogen and oxygen atoms in total. The van der Waals surface area contributed by atoms with E-state index in [4.69, 9.17) is 19.4 Å². The van der Waals surface area contributed by atoms with E-state index in [-0.39, 0.29) is 6.61 Å². The van der Waals surface area contributed by atoms with Gasteiger partial charge in [-0.2, -0.15) is 0 Å². The van der Waals surface area contributed by atoms with Crippen LogP contribution in [0.25, 0.3) is 0 Å². The minimum atomic E-state index is 0.228. The second-order valence-electron chi connectivity index (χ2n) is 3.05. The van der Waals surface area contributed by atoms with Crippen molar-refractivity contribution in [3.8, 4) is 11.5 Å². The van der Waals surface area contributed by atoms with Gasteiger partial charge in [-0.1, -0.05) is 5.16 Å². The van der Waals surface area contributed by atoms with Crippen molar-refractivity contribution in [3.05, 3.63) is 23.8 Å². The van der Waals surface area contributed by atoms with Crippen molar-refractivity contribution in [2.24, 2.45) is 5.16 Å². The largest absolute Gasteiger partial charge is 0.493 e. The van der Waals surface area contributed by atoms with Crippen LogP contribution in [0.1, 0.15) is 5.56 Å². The van der Waals surface area contributed by atoms with E-state index >= 15 is 0 Å². The van der Waals surface area contributed by atoms with Gasteiger partial charge in [-0.25, -0.2) is 0 Å². The minimum Gasteiger partial charge on any atom is -0.493 e. The molecule has 1 rings (SSSR count). The van der Waals surface area contributed by atoms with Gasteiger partial charge in [0, 0.05) is 12.7 Å². The van der Waals surface area contributed by atoms with Crippen molar-refractivity contribution in [1.29, 1.82) is 0 Å². The molecule has 88 valence electrons. The van der Waals surface area contributed by atoms with E-state index in [1.807, 2.05) is 0 Å². The molecule has 0 aromatic heterocycles. The fraction of sp³-hybridized carbons (Fsp3) is 0.364. The molecular formula is C11H15NO4. The fourth-order valence-electron chi connectivity index (χ4n) is 1.32. The van der Waals surface area contributed by atoms with Crippen LogP contribution in [0.4, 0.5) is 0 Å². The molecule has 5 heteroatoms. The first kappa shape index (κ1) is 12.3. The topological polar surface area (TPSA) is 60.3 Å². The van der Waals surface area contributed by atoms with E-state index in [9.17, 15) is 0 Å². The molecule has 0 spiro atoms. The SMILES string of the molecule is COCC(=NO)c1ccc(OC)c(OC)c1. The molecule has 16 heavy (non-hydrogen) atoms. The first-order valence-corrected chi connectivity index (χ1v) is 4.69. The van der Waals surface area contributed by atoms with E-state index in [0.717, 1.165) is 5.56 Å². The van der Waals surface area contributed by atoms with Gasteiger partial charge in [0.05, 0.1) is 20.8 Å². The highest BCUT2D eigenvalue weighted by molar-refractivity contribution is 6.01. The highest BCUT2D eigenvalue weighted by Gasteiger charge is 2.09. The van der Waals surface area contributed by atoms with E-state index in [1.54, 1.807) is 32.4 Å². The van der Waals surface area contributed by atoms with Crippen molar-refractivity contribution in [2.75, 3.05) is 27.9 Å². The lowest BCUT2D eigenvalue weighted by Crippen LogP contribution is -2.09. The van der Waals surface area contributed by atoms with E-state index in [1.165, 1.54) is 7.11 Å². The average Bonchev–Trinajstić information content (AvgIpc) is 2.35. The van der Waals surface area contributed by atoms with Crippen molar-refractivity contribution < 1.29 is 19.4 Å². The van der Waals surface area contributed by atoms with Crippen molar-refractivity contribution in [2.45, 2.75) is 0 Å². The quantitative estimate of drug-likeness (QED) is 0.469. The Balaban J connectivity index is 3.06. The monoisotopic (exact) mass is 225 g/mol. The predicted octanol–water partition coefficient (Wildman–Crippen LogP) is 1.53. The summed E-state index contributed by atoms with van der Waals surface area (Å²) in [5, 5.41) is 12.0. The second kappa shape index (κ2) is 5.97. The number of nitrogens with zero attached hydrogens (tertiary/aromatic N) is 1. The zero-order chi connectivity index (χ0) is 12.0. The number of rotatable bonds is 5. The Bertz CT molecular complexity index is 376. The number of ether oxygens (including phenoxy) is 3. The summed E-state index contributed by atoms with van der Waals surface area (Å²) in [5.74, 6) is 1.21. The summed E-state index contributed by atoms with van der Waals surface area (Å²) in [6.07, 6.45) is 0. The van der Waals surface area contributed by atoms with Crippen molar-refractivity contribution >= 4 is 5.71 Å². The lowest BCUT2D eigenvalue weighted by molar-refractivity contribution is 0.238. The standard InChI is InChI=1S/C11H15NO4/c1-14-7-9(12-13)8-4-5-10(15-2)11(6-8)16-3/h4-6,13H,7H2,1-3H3. The Kier molecular flexibility index (Phi) is 4.60. The van der Waals surface area contributed by atoms with Gasteiger partial charge in [-0.15, -0.1) is 0 Å². The molecule has 0 saturated carbocycles. The first-order valence-electron chi connectivity index (χ1n) is 4.69. The minimum absolute atomic E-state index is 0.228. The first-order chi connectivity index (χ1) is 7.76. The summed E-state index contributed by atoms with van der Waals surface area (Å²) in [6.45, 7) is 0.228. The number of hydrogen-bond acceptors (Lipinski definition) is 5. The van der Waals surface area contributed by atoms with Gasteiger partial charge in [0.15, 0.2) is 11.5 Å². The third-order valence-corrected chi connectivity index (χ3v) is 2.12. The summed E-state index contributed by atoms with van der Waals surface area (Å²) in [4.78, 5) is 0. The van der Waals surface area contributed by atoms with Gasteiger partial charge in [0.2, 0.25) is 0 Å². The molecule has 0 radical (unpaired) electrons. The van der Waals surface area contributed by atoms with E-state index in [2.05, 4.69) is 5.16 Å². The van der Waals surface area contributed by atoms with Crippen LogP contribution in [-0.2, 0) is 4.74 Å². The summed E-state index contributed by atoms with van der Waals surface area (Å²) < 4.78 is 15.2. The molecule has 0 aliphatic carbocycles. The maximum atomic E-state index is 8.84. The van der Waals surface area contributed by atoms with Crippen molar-refractivity contribution in [3.63, 3.8) is 0 Å². The molecule has 0 atom stereocenters. The molecule has 0 fully saturated rings. The fourth-order valence-corrected chi connectivity index (χ4v) is 1.32. The zero-order valence-electron chi connectivity index (χ0n) is 9.56. The highest BCUT2D eigenvalue weighted by Crippen LogP contribution is 2.27. The van der Waals surface area contributed by atoms with Crippen LogP contribution in [0, 0.1) is 0 Å². The molecule has 1 N–H and O–H groups in total. The zero-order valence-corrected chi connectivity index (χ0v) is 9.56. The number of benzene rings is 1. The lowest BCUT2D eigenvalue weighted by Gasteiger charge is -2.09. The molecule has 0 saturated heterocycles. The lowest BCUT2D eigenvalue weighted by atomic mass is 10.1. The Morgan fingerprint density at radius 2 is 1.88 bits per heavy atom. The molecule has 0 heterocycles. The van der Waals surface area contributed by atoms with Crippen molar-refractivity contribution in [1.82, 2.24) is 0 Å². The van der Waals surface area contributed by atoms with Gasteiger partial charge in [-0.3, -0.25) is 0 Å². The summed E-state index contributed by atoms with van der Waals surface area (Å²) in [7, 11) is 4.65. The van der Waals surface area contributed by atoms with Crippen LogP contribution in [0.15, 0.2) is 23.4 Å². The average molecular weight is 225 g/mol. The second-order valence-corrected chi connectivity index (χ2v) is 3.05. The Hall–Kier alpha value is -1.75. The molecule has 0 bridgehead atoms. The van der Waals surface area contributed by atoms with E-state index < -0.39 is 0 Å². The number of oxime groups is 1. The summed E-state index contributed by atoms with van der Waals surface area (Å²) >= 11 is 0. The third-order valence-electron chi connectivity index (χ3n) is 2.12. The van der Waals surface area contributed by atoms with Gasteiger partial charge < -0.3 is 19.4 Å². The molecule has 0 unspecified atom stereocenters. The van der Waals surface area contributed by atoms with Crippen LogP contribution in [0.5, 0.6) is 11.5 Å². The van der Waals surface area contributed by atoms with E-state index in [0.29, 0.717) is 17.2 Å². The number of hydrogen-bond donors (Lipinski definition) is 1. The highest BCUT2D eigenvalue weighted by atomic mass is 16.5. The van der Waals surface area contributed by atoms with Gasteiger partial charge in [0.1, 0.15) is 5.71 Å². The number of methoxy groups -OCH3 is 3. The van der Waals surface area contributed by atoms with Gasteiger partial charge in [-0.05, 0) is 18.2 Å². The maximum absolute atomic E-state index is 8.84. The maximum Gasteiger partial charge on any atom is 0.161 e. The molecular weight excluding hydrogens is 210 g/mol. The van der Waals surface area contributed by atoms with Crippen LogP contribution >= 0.6 is 0 Å². The van der Waals surface area contributed by atoms with Crippen LogP contribution in [-0.4, -0.2) is 38.9 Å². The Labute approximate surface area is 94.2 Å². The molecule has 0 amide bonds. The van der Waals surface area contributed by atoms with Gasteiger partial charge >= 0.3 is 0 Å². The molecule has 1 aromatic carbocycles. The van der Waals surface area contributed by atoms with Crippen LogP contribution < -0.4 is 9.47 Å². The molecule has 0 aliphatic heterocycles. The van der Waals surface area contributed by atoms with Gasteiger partial charge in [0.25, 0.3) is 0 Å². The van der Waals surface area contributed by atoms with Crippen LogP contribution in [0.2, 0.25) is 0 Å². The summed E-state index contributed by atoms with van der Waals surface area (Å²) in [5.41, 5.74) is 1.16. The normalized spacial score (nSPS) is 11.3.